The van der Waals surface area contributed by atoms with E-state index in [1.807, 2.05) is 30.3 Å². The molecule has 0 N–H and O–H groups in total. The summed E-state index contributed by atoms with van der Waals surface area (Å²) in [4.78, 5) is 9.53. The minimum Gasteiger partial charge on any atom is -0.439 e. The van der Waals surface area contributed by atoms with Crippen molar-refractivity contribution in [1.82, 2.24) is 14.5 Å². The fourth-order valence-corrected chi connectivity index (χ4v) is 5.07. The highest BCUT2D eigenvalue weighted by Crippen LogP contribution is 2.37. The summed E-state index contributed by atoms with van der Waals surface area (Å²) in [5.41, 5.74) is 6.88. The van der Waals surface area contributed by atoms with Gasteiger partial charge in [0.25, 0.3) is 0 Å². The quantitative estimate of drug-likeness (QED) is 0.230. The Bertz CT molecular complexity index is 1750. The molecule has 3 heterocycles. The molecular weight excluding hydrogens is 466 g/mol. The first kappa shape index (κ1) is 23.9. The van der Waals surface area contributed by atoms with Crippen LogP contribution in [0.25, 0.3) is 38.8 Å². The van der Waals surface area contributed by atoms with Crippen LogP contribution in [-0.4, -0.2) is 14.5 Å². The molecular formula is C34H31N3O. The summed E-state index contributed by atoms with van der Waals surface area (Å²) in [5, 5.41) is 2.45. The summed E-state index contributed by atoms with van der Waals surface area (Å²) >= 11 is 0. The number of pyridine rings is 2. The van der Waals surface area contributed by atoms with Gasteiger partial charge in [-0.15, -0.1) is 0 Å². The molecule has 0 bridgehead atoms. The second-order valence-electron chi connectivity index (χ2n) is 10.3. The van der Waals surface area contributed by atoms with Crippen molar-refractivity contribution < 1.29 is 4.74 Å². The molecule has 188 valence electrons. The van der Waals surface area contributed by atoms with Gasteiger partial charge in [-0.1, -0.05) is 82.3 Å². The molecule has 0 aliphatic heterocycles. The van der Waals surface area contributed by atoms with Crippen molar-refractivity contribution in [3.05, 3.63) is 115 Å². The third-order valence-corrected chi connectivity index (χ3v) is 7.05. The van der Waals surface area contributed by atoms with Crippen LogP contribution in [0.5, 0.6) is 11.6 Å². The summed E-state index contributed by atoms with van der Waals surface area (Å²) in [6, 6.07) is 33.6. The number of nitrogens with zero attached hydrogens (tertiary/aromatic N) is 3. The molecule has 6 rings (SSSR count). The Hall–Kier alpha value is -4.44. The van der Waals surface area contributed by atoms with Crippen LogP contribution in [-0.2, 0) is 0 Å². The molecule has 0 saturated carbocycles. The Kier molecular flexibility index (Phi) is 6.16. The van der Waals surface area contributed by atoms with E-state index >= 15 is 0 Å². The number of para-hydroxylation sites is 1. The summed E-state index contributed by atoms with van der Waals surface area (Å²) in [5.74, 6) is 3.05. The highest BCUT2D eigenvalue weighted by molar-refractivity contribution is 6.10. The van der Waals surface area contributed by atoms with Gasteiger partial charge in [0.05, 0.1) is 11.0 Å². The second-order valence-corrected chi connectivity index (χ2v) is 10.3. The van der Waals surface area contributed by atoms with E-state index in [1.54, 1.807) is 6.20 Å². The Morgan fingerprint density at radius 3 is 2.24 bits per heavy atom. The number of ether oxygens (including phenoxy) is 1. The van der Waals surface area contributed by atoms with Gasteiger partial charge in [0.15, 0.2) is 0 Å². The van der Waals surface area contributed by atoms with E-state index in [-0.39, 0.29) is 0 Å². The molecule has 0 aliphatic carbocycles. The van der Waals surface area contributed by atoms with Crippen molar-refractivity contribution in [2.24, 2.45) is 0 Å². The molecule has 3 aromatic carbocycles. The molecule has 0 unspecified atom stereocenters. The first-order valence-corrected chi connectivity index (χ1v) is 13.2. The zero-order valence-electron chi connectivity index (χ0n) is 22.2. The van der Waals surface area contributed by atoms with Gasteiger partial charge in [-0.3, -0.25) is 4.57 Å². The fourth-order valence-electron chi connectivity index (χ4n) is 5.07. The first-order chi connectivity index (χ1) is 18.5. The zero-order valence-corrected chi connectivity index (χ0v) is 22.2. The van der Waals surface area contributed by atoms with Crippen LogP contribution in [0, 0.1) is 0 Å². The third kappa shape index (κ3) is 4.32. The molecule has 38 heavy (non-hydrogen) atoms. The molecule has 0 radical (unpaired) electrons. The number of rotatable bonds is 6. The largest absolute Gasteiger partial charge is 0.439 e. The van der Waals surface area contributed by atoms with Crippen molar-refractivity contribution in [2.45, 2.75) is 39.5 Å². The molecule has 0 saturated heterocycles. The van der Waals surface area contributed by atoms with Crippen LogP contribution in [0.3, 0.4) is 0 Å². The normalized spacial score (nSPS) is 11.6. The zero-order chi connectivity index (χ0) is 26.2. The van der Waals surface area contributed by atoms with Crippen LogP contribution in [0.1, 0.15) is 50.8 Å². The minimum atomic E-state index is 0.346. The average molecular weight is 498 g/mol. The maximum Gasteiger partial charge on any atom is 0.219 e. The minimum absolute atomic E-state index is 0.346. The lowest BCUT2D eigenvalue weighted by Gasteiger charge is -2.18. The van der Waals surface area contributed by atoms with Crippen LogP contribution in [0.15, 0.2) is 103 Å². The summed E-state index contributed by atoms with van der Waals surface area (Å²) in [6.07, 6.45) is 1.74. The summed E-state index contributed by atoms with van der Waals surface area (Å²) in [7, 11) is 0. The first-order valence-electron chi connectivity index (χ1n) is 13.2. The highest BCUT2D eigenvalue weighted by Gasteiger charge is 2.19. The van der Waals surface area contributed by atoms with E-state index in [9.17, 15) is 0 Å². The molecule has 4 heteroatoms. The van der Waals surface area contributed by atoms with Gasteiger partial charge >= 0.3 is 0 Å². The molecule has 0 amide bonds. The van der Waals surface area contributed by atoms with Gasteiger partial charge in [-0.25, -0.2) is 9.97 Å². The van der Waals surface area contributed by atoms with Crippen molar-refractivity contribution in [3.63, 3.8) is 0 Å². The SMILES string of the molecule is CC(C)c1ccc(C(C)C)c(-n2c3ccccc3c3ccc(-c4cccc(Oc5ccccn5)c4)cc32)n1. The Labute approximate surface area is 223 Å². The van der Waals surface area contributed by atoms with E-state index in [1.165, 1.54) is 21.9 Å². The monoisotopic (exact) mass is 497 g/mol. The molecule has 6 aromatic rings. The lowest BCUT2D eigenvalue weighted by atomic mass is 10.0. The van der Waals surface area contributed by atoms with Gasteiger partial charge in [0, 0.05) is 28.7 Å². The van der Waals surface area contributed by atoms with E-state index < -0.39 is 0 Å². The standard InChI is InChI=1S/C34H31N3O/c1-22(2)27-17-18-30(23(3)4)36-34(27)37-31-13-6-5-12-28(31)29-16-15-25(21-32(29)37)24-10-9-11-26(20-24)38-33-14-7-8-19-35-33/h5-23H,1-4H3. The maximum atomic E-state index is 6.02. The van der Waals surface area contributed by atoms with E-state index in [0.29, 0.717) is 17.7 Å². The van der Waals surface area contributed by atoms with Gasteiger partial charge in [-0.2, -0.15) is 0 Å². The summed E-state index contributed by atoms with van der Waals surface area (Å²) in [6.45, 7) is 8.88. The molecule has 0 aliphatic rings. The highest BCUT2D eigenvalue weighted by atomic mass is 16.5. The Morgan fingerprint density at radius 2 is 1.45 bits per heavy atom. The van der Waals surface area contributed by atoms with Crippen LogP contribution in [0.2, 0.25) is 0 Å². The van der Waals surface area contributed by atoms with Gasteiger partial charge in [-0.05, 0) is 64.9 Å². The van der Waals surface area contributed by atoms with Gasteiger partial charge in [0.2, 0.25) is 5.88 Å². The van der Waals surface area contributed by atoms with E-state index in [2.05, 4.69) is 104 Å². The maximum absolute atomic E-state index is 6.02. The van der Waals surface area contributed by atoms with Crippen molar-refractivity contribution in [3.8, 4) is 28.6 Å². The van der Waals surface area contributed by atoms with Crippen LogP contribution in [0.4, 0.5) is 0 Å². The number of hydrogen-bond acceptors (Lipinski definition) is 3. The average Bonchev–Trinajstić information content (AvgIpc) is 3.27. The number of fused-ring (bicyclic) bond motifs is 3. The molecule has 3 aromatic heterocycles. The molecule has 4 nitrogen and oxygen atoms in total. The van der Waals surface area contributed by atoms with Crippen molar-refractivity contribution >= 4 is 21.8 Å². The third-order valence-electron chi connectivity index (χ3n) is 7.05. The second kappa shape index (κ2) is 9.79. The number of benzene rings is 3. The van der Waals surface area contributed by atoms with Gasteiger partial charge < -0.3 is 4.74 Å². The molecule has 0 atom stereocenters. The van der Waals surface area contributed by atoms with Gasteiger partial charge in [0.1, 0.15) is 11.6 Å². The summed E-state index contributed by atoms with van der Waals surface area (Å²) < 4.78 is 8.37. The lowest BCUT2D eigenvalue weighted by molar-refractivity contribution is 0.463. The lowest BCUT2D eigenvalue weighted by Crippen LogP contribution is -2.07. The Balaban J connectivity index is 1.55. The predicted octanol–water partition coefficient (Wildman–Crippen LogP) is 9.28. The number of aromatic nitrogens is 3. The predicted molar refractivity (Wildman–Crippen MR) is 157 cm³/mol. The van der Waals surface area contributed by atoms with Crippen molar-refractivity contribution in [2.75, 3.05) is 0 Å². The van der Waals surface area contributed by atoms with E-state index in [4.69, 9.17) is 9.72 Å². The smallest absolute Gasteiger partial charge is 0.219 e. The topological polar surface area (TPSA) is 39.9 Å². The van der Waals surface area contributed by atoms with Crippen LogP contribution < -0.4 is 4.74 Å². The van der Waals surface area contributed by atoms with Crippen molar-refractivity contribution in [1.29, 1.82) is 0 Å². The molecule has 0 spiro atoms. The molecule has 0 fully saturated rings. The fraction of sp³-hybridized carbons (Fsp3) is 0.176. The number of hydrogen-bond donors (Lipinski definition) is 0. The van der Waals surface area contributed by atoms with E-state index in [0.717, 1.165) is 33.9 Å². The Morgan fingerprint density at radius 1 is 0.658 bits per heavy atom. The van der Waals surface area contributed by atoms with Crippen LogP contribution >= 0.6 is 0 Å².